The van der Waals surface area contributed by atoms with E-state index in [9.17, 15) is 4.79 Å². The SMILES string of the molecule is O=C(Nc1cccc(-c2nc3ccccc3o2)c1)c1cccc(Cl)c1Cl. The summed E-state index contributed by atoms with van der Waals surface area (Å²) in [6, 6.07) is 19.7. The molecule has 0 unspecified atom stereocenters. The molecule has 4 aromatic rings. The summed E-state index contributed by atoms with van der Waals surface area (Å²) < 4.78 is 5.77. The molecule has 4 rings (SSSR count). The fourth-order valence-corrected chi connectivity index (χ4v) is 2.99. The van der Waals surface area contributed by atoms with Crippen molar-refractivity contribution in [1.82, 2.24) is 4.98 Å². The molecule has 1 aromatic heterocycles. The van der Waals surface area contributed by atoms with Crippen molar-refractivity contribution in [1.29, 1.82) is 0 Å². The first kappa shape index (κ1) is 16.6. The second-order valence-corrected chi connectivity index (χ2v) is 6.41. The van der Waals surface area contributed by atoms with Crippen LogP contribution in [0.4, 0.5) is 5.69 Å². The molecule has 0 spiro atoms. The Labute approximate surface area is 159 Å². The number of halogens is 2. The number of rotatable bonds is 3. The molecule has 0 saturated heterocycles. The first-order valence-electron chi connectivity index (χ1n) is 7.83. The number of anilines is 1. The number of fused-ring (bicyclic) bond motifs is 1. The topological polar surface area (TPSA) is 55.1 Å². The van der Waals surface area contributed by atoms with E-state index >= 15 is 0 Å². The molecule has 0 radical (unpaired) electrons. The number of nitrogens with zero attached hydrogens (tertiary/aromatic N) is 1. The average Bonchev–Trinajstić information content (AvgIpc) is 3.08. The molecule has 26 heavy (non-hydrogen) atoms. The van der Waals surface area contributed by atoms with Crippen LogP contribution in [0.25, 0.3) is 22.6 Å². The van der Waals surface area contributed by atoms with Gasteiger partial charge in [-0.15, -0.1) is 0 Å². The van der Waals surface area contributed by atoms with Crippen LogP contribution in [0.3, 0.4) is 0 Å². The van der Waals surface area contributed by atoms with Gasteiger partial charge in [-0.3, -0.25) is 4.79 Å². The fourth-order valence-electron chi connectivity index (χ4n) is 2.60. The number of carbonyl (C=O) groups is 1. The predicted octanol–water partition coefficient (Wildman–Crippen LogP) is 6.05. The van der Waals surface area contributed by atoms with Gasteiger partial charge in [0.15, 0.2) is 5.58 Å². The Morgan fingerprint density at radius 2 is 1.77 bits per heavy atom. The molecular weight excluding hydrogens is 371 g/mol. The van der Waals surface area contributed by atoms with Crippen LogP contribution in [0.1, 0.15) is 10.4 Å². The van der Waals surface area contributed by atoms with Gasteiger partial charge in [0.05, 0.1) is 15.6 Å². The summed E-state index contributed by atoms with van der Waals surface area (Å²) in [6.45, 7) is 0. The van der Waals surface area contributed by atoms with E-state index in [1.165, 1.54) is 0 Å². The van der Waals surface area contributed by atoms with Crippen molar-refractivity contribution < 1.29 is 9.21 Å². The Balaban J connectivity index is 1.63. The van der Waals surface area contributed by atoms with Gasteiger partial charge in [-0.05, 0) is 42.5 Å². The zero-order chi connectivity index (χ0) is 18.1. The van der Waals surface area contributed by atoms with Crippen molar-refractivity contribution in [2.45, 2.75) is 0 Å². The van der Waals surface area contributed by atoms with Crippen LogP contribution in [-0.2, 0) is 0 Å². The average molecular weight is 383 g/mol. The molecule has 6 heteroatoms. The Kier molecular flexibility index (Phi) is 4.37. The maximum atomic E-state index is 12.5. The van der Waals surface area contributed by atoms with Gasteiger partial charge < -0.3 is 9.73 Å². The minimum atomic E-state index is -0.341. The number of aromatic nitrogens is 1. The number of para-hydroxylation sites is 2. The molecule has 3 aromatic carbocycles. The second-order valence-electron chi connectivity index (χ2n) is 5.62. The van der Waals surface area contributed by atoms with Crippen molar-refractivity contribution in [2.75, 3.05) is 5.32 Å². The Hall–Kier alpha value is -2.82. The number of hydrogen-bond donors (Lipinski definition) is 1. The molecule has 1 heterocycles. The maximum absolute atomic E-state index is 12.5. The van der Waals surface area contributed by atoms with Crippen molar-refractivity contribution in [2.24, 2.45) is 0 Å². The van der Waals surface area contributed by atoms with Crippen LogP contribution in [0.2, 0.25) is 10.0 Å². The molecule has 0 aliphatic carbocycles. The van der Waals surface area contributed by atoms with Gasteiger partial charge in [-0.2, -0.15) is 0 Å². The summed E-state index contributed by atoms with van der Waals surface area (Å²) in [4.78, 5) is 17.0. The summed E-state index contributed by atoms with van der Waals surface area (Å²) in [7, 11) is 0. The molecule has 0 aliphatic rings. The van der Waals surface area contributed by atoms with E-state index in [0.29, 0.717) is 27.7 Å². The molecule has 4 nitrogen and oxygen atoms in total. The smallest absolute Gasteiger partial charge is 0.257 e. The quantitative estimate of drug-likeness (QED) is 0.468. The van der Waals surface area contributed by atoms with Gasteiger partial charge in [0.25, 0.3) is 5.91 Å². The van der Waals surface area contributed by atoms with E-state index < -0.39 is 0 Å². The van der Waals surface area contributed by atoms with Crippen molar-refractivity contribution in [3.63, 3.8) is 0 Å². The van der Waals surface area contributed by atoms with E-state index in [4.69, 9.17) is 27.6 Å². The van der Waals surface area contributed by atoms with E-state index in [1.54, 1.807) is 30.3 Å². The maximum Gasteiger partial charge on any atom is 0.257 e. The highest BCUT2D eigenvalue weighted by atomic mass is 35.5. The van der Waals surface area contributed by atoms with E-state index in [0.717, 1.165) is 11.1 Å². The largest absolute Gasteiger partial charge is 0.436 e. The number of amides is 1. The number of hydrogen-bond acceptors (Lipinski definition) is 3. The Bertz CT molecular complexity index is 1090. The van der Waals surface area contributed by atoms with E-state index in [-0.39, 0.29) is 10.9 Å². The molecule has 0 saturated carbocycles. The van der Waals surface area contributed by atoms with Crippen LogP contribution < -0.4 is 5.32 Å². The summed E-state index contributed by atoms with van der Waals surface area (Å²) in [5.74, 6) is 0.148. The molecule has 0 fully saturated rings. The molecular formula is C20H12Cl2N2O2. The number of carbonyl (C=O) groups excluding carboxylic acids is 1. The lowest BCUT2D eigenvalue weighted by Crippen LogP contribution is -2.12. The van der Waals surface area contributed by atoms with E-state index in [1.807, 2.05) is 36.4 Å². The van der Waals surface area contributed by atoms with E-state index in [2.05, 4.69) is 10.3 Å². The third kappa shape index (κ3) is 3.17. The summed E-state index contributed by atoms with van der Waals surface area (Å²) >= 11 is 12.1. The predicted molar refractivity (Wildman–Crippen MR) is 104 cm³/mol. The van der Waals surface area contributed by atoms with Crippen LogP contribution in [0, 0.1) is 0 Å². The van der Waals surface area contributed by atoms with Crippen molar-refractivity contribution in [3.8, 4) is 11.5 Å². The van der Waals surface area contributed by atoms with Crippen LogP contribution in [0.5, 0.6) is 0 Å². The number of oxazole rings is 1. The molecule has 0 aliphatic heterocycles. The zero-order valence-electron chi connectivity index (χ0n) is 13.4. The number of nitrogens with one attached hydrogen (secondary N) is 1. The van der Waals surface area contributed by atoms with Gasteiger partial charge in [-0.1, -0.05) is 47.5 Å². The fraction of sp³-hybridized carbons (Fsp3) is 0. The minimum absolute atomic E-state index is 0.224. The highest BCUT2D eigenvalue weighted by Gasteiger charge is 2.14. The standard InChI is InChI=1S/C20H12Cl2N2O2/c21-15-8-4-7-14(18(15)22)19(25)23-13-6-3-5-12(11-13)20-24-16-9-1-2-10-17(16)26-20/h1-11H,(H,23,25). The Morgan fingerprint density at radius 3 is 2.62 bits per heavy atom. The lowest BCUT2D eigenvalue weighted by molar-refractivity contribution is 0.102. The summed E-state index contributed by atoms with van der Waals surface area (Å²) in [5, 5.41) is 3.38. The third-order valence-corrected chi connectivity index (χ3v) is 4.68. The normalized spacial score (nSPS) is 10.8. The highest BCUT2D eigenvalue weighted by molar-refractivity contribution is 6.44. The van der Waals surface area contributed by atoms with Crippen molar-refractivity contribution in [3.05, 3.63) is 82.3 Å². The molecule has 128 valence electrons. The van der Waals surface area contributed by atoms with Gasteiger partial charge in [0.2, 0.25) is 5.89 Å². The molecule has 1 amide bonds. The Morgan fingerprint density at radius 1 is 0.962 bits per heavy atom. The summed E-state index contributed by atoms with van der Waals surface area (Å²) in [5.41, 5.74) is 3.17. The van der Waals surface area contributed by atoms with Crippen LogP contribution in [-0.4, -0.2) is 10.9 Å². The molecule has 0 bridgehead atoms. The van der Waals surface area contributed by atoms with Gasteiger partial charge in [-0.25, -0.2) is 4.98 Å². The van der Waals surface area contributed by atoms with Crippen LogP contribution >= 0.6 is 23.2 Å². The molecule has 1 N–H and O–H groups in total. The van der Waals surface area contributed by atoms with Gasteiger partial charge >= 0.3 is 0 Å². The monoisotopic (exact) mass is 382 g/mol. The van der Waals surface area contributed by atoms with Gasteiger partial charge in [0.1, 0.15) is 5.52 Å². The van der Waals surface area contributed by atoms with Crippen LogP contribution in [0.15, 0.2) is 71.1 Å². The first-order valence-corrected chi connectivity index (χ1v) is 8.59. The minimum Gasteiger partial charge on any atom is -0.436 e. The third-order valence-electron chi connectivity index (χ3n) is 3.86. The van der Waals surface area contributed by atoms with Gasteiger partial charge in [0, 0.05) is 11.3 Å². The summed E-state index contributed by atoms with van der Waals surface area (Å²) in [6.07, 6.45) is 0. The number of benzene rings is 3. The van der Waals surface area contributed by atoms with Crippen molar-refractivity contribution >= 4 is 45.9 Å². The lowest BCUT2D eigenvalue weighted by Gasteiger charge is -2.08. The highest BCUT2D eigenvalue weighted by Crippen LogP contribution is 2.28. The lowest BCUT2D eigenvalue weighted by atomic mass is 10.1. The molecule has 0 atom stereocenters. The first-order chi connectivity index (χ1) is 12.6. The zero-order valence-corrected chi connectivity index (χ0v) is 14.9. The second kappa shape index (κ2) is 6.83.